The van der Waals surface area contributed by atoms with Gasteiger partial charge in [-0.1, -0.05) is 0 Å². The molecular weight excluding hydrogens is 150 g/mol. The van der Waals surface area contributed by atoms with Gasteiger partial charge in [0.05, 0.1) is 13.2 Å². The number of aliphatic imine (C=N–C) groups is 1. The molecule has 0 unspecified atom stereocenters. The molecule has 0 aromatic heterocycles. The second kappa shape index (κ2) is 3.03. The quantitative estimate of drug-likeness (QED) is 0.547. The predicted octanol–water partition coefficient (Wildman–Crippen LogP) is 0.197. The number of halogens is 1. The summed E-state index contributed by atoms with van der Waals surface area (Å²) >= 11 is 0. The molecular formula is C6H10ClN3. The van der Waals surface area contributed by atoms with Crippen LogP contribution in [-0.2, 0) is 0 Å². The second-order valence-corrected chi connectivity index (χ2v) is 2.26. The van der Waals surface area contributed by atoms with Crippen molar-refractivity contribution in [1.82, 2.24) is 10.2 Å². The Hall–Kier alpha value is -0.540. The highest BCUT2D eigenvalue weighted by atomic mass is 35.5. The minimum absolute atomic E-state index is 0. The molecule has 1 N–H and O–H groups in total. The van der Waals surface area contributed by atoms with Crippen LogP contribution in [0.4, 0.5) is 0 Å². The summed E-state index contributed by atoms with van der Waals surface area (Å²) in [6.45, 7) is 2.94. The van der Waals surface area contributed by atoms with Crippen LogP contribution in [0.5, 0.6) is 0 Å². The van der Waals surface area contributed by atoms with Gasteiger partial charge in [0, 0.05) is 24.7 Å². The largest absolute Gasteiger partial charge is 0.354 e. The minimum atomic E-state index is 0. The van der Waals surface area contributed by atoms with E-state index in [1.54, 1.807) is 0 Å². The third-order valence-electron chi connectivity index (χ3n) is 1.65. The van der Waals surface area contributed by atoms with Crippen molar-refractivity contribution in [2.75, 3.05) is 19.8 Å². The van der Waals surface area contributed by atoms with Crippen LogP contribution >= 0.6 is 12.4 Å². The SMILES string of the molecule is C1=NC=C2CNCN2C1.Cl. The van der Waals surface area contributed by atoms with Gasteiger partial charge in [-0.2, -0.15) is 0 Å². The van der Waals surface area contributed by atoms with Gasteiger partial charge in [0.25, 0.3) is 0 Å². The Morgan fingerprint density at radius 1 is 1.60 bits per heavy atom. The molecule has 0 aromatic rings. The maximum absolute atomic E-state index is 4.05. The van der Waals surface area contributed by atoms with Gasteiger partial charge in [-0.25, -0.2) is 0 Å². The lowest BCUT2D eigenvalue weighted by Crippen LogP contribution is -2.24. The van der Waals surface area contributed by atoms with Gasteiger partial charge in [0.1, 0.15) is 0 Å². The molecule has 3 nitrogen and oxygen atoms in total. The smallest absolute Gasteiger partial charge is 0.0687 e. The van der Waals surface area contributed by atoms with E-state index in [9.17, 15) is 0 Å². The van der Waals surface area contributed by atoms with E-state index in [1.807, 2.05) is 12.4 Å². The molecule has 2 heterocycles. The van der Waals surface area contributed by atoms with Crippen molar-refractivity contribution >= 4 is 18.6 Å². The first-order valence-electron chi connectivity index (χ1n) is 3.13. The standard InChI is InChI=1S/C6H9N3.ClH/c1-2-9-5-8-4-6(9)3-7-1;/h1,3,8H,2,4-5H2;1H. The average molecular weight is 160 g/mol. The van der Waals surface area contributed by atoms with E-state index in [4.69, 9.17) is 0 Å². The van der Waals surface area contributed by atoms with Crippen LogP contribution in [0, 0.1) is 0 Å². The molecule has 0 bridgehead atoms. The van der Waals surface area contributed by atoms with Crippen molar-refractivity contribution in [3.8, 4) is 0 Å². The summed E-state index contributed by atoms with van der Waals surface area (Å²) in [6, 6.07) is 0. The van der Waals surface area contributed by atoms with Gasteiger partial charge >= 0.3 is 0 Å². The Morgan fingerprint density at radius 3 is 3.30 bits per heavy atom. The molecule has 0 aromatic carbocycles. The summed E-state index contributed by atoms with van der Waals surface area (Å²) in [5.41, 5.74) is 1.32. The van der Waals surface area contributed by atoms with Gasteiger partial charge < -0.3 is 4.90 Å². The first-order valence-corrected chi connectivity index (χ1v) is 3.13. The van der Waals surface area contributed by atoms with Crippen molar-refractivity contribution < 1.29 is 0 Å². The zero-order chi connectivity index (χ0) is 6.10. The molecule has 2 aliphatic heterocycles. The molecule has 4 heteroatoms. The first kappa shape index (κ1) is 7.57. The van der Waals surface area contributed by atoms with E-state index >= 15 is 0 Å². The van der Waals surface area contributed by atoms with Gasteiger partial charge in [-0.3, -0.25) is 10.3 Å². The highest BCUT2D eigenvalue weighted by Crippen LogP contribution is 2.09. The number of fused-ring (bicyclic) bond motifs is 1. The molecule has 0 radical (unpaired) electrons. The molecule has 1 fully saturated rings. The van der Waals surface area contributed by atoms with E-state index in [0.717, 1.165) is 19.8 Å². The third-order valence-corrected chi connectivity index (χ3v) is 1.65. The molecule has 1 saturated heterocycles. The third kappa shape index (κ3) is 1.15. The molecule has 56 valence electrons. The van der Waals surface area contributed by atoms with Crippen LogP contribution in [0.3, 0.4) is 0 Å². The summed E-state index contributed by atoms with van der Waals surface area (Å²) in [5, 5.41) is 3.24. The van der Waals surface area contributed by atoms with Crippen molar-refractivity contribution in [1.29, 1.82) is 0 Å². The number of rotatable bonds is 0. The van der Waals surface area contributed by atoms with Crippen molar-refractivity contribution in [2.45, 2.75) is 0 Å². The van der Waals surface area contributed by atoms with Crippen LogP contribution in [0.15, 0.2) is 16.9 Å². The zero-order valence-electron chi connectivity index (χ0n) is 5.58. The Balaban J connectivity index is 0.000000500. The lowest BCUT2D eigenvalue weighted by Gasteiger charge is -2.17. The maximum Gasteiger partial charge on any atom is 0.0687 e. The van der Waals surface area contributed by atoms with Crippen LogP contribution in [0.2, 0.25) is 0 Å². The number of nitrogens with zero attached hydrogens (tertiary/aromatic N) is 2. The van der Waals surface area contributed by atoms with Crippen molar-refractivity contribution in [3.05, 3.63) is 11.9 Å². The van der Waals surface area contributed by atoms with Gasteiger partial charge in [-0.05, 0) is 0 Å². The van der Waals surface area contributed by atoms with Gasteiger partial charge in [-0.15, -0.1) is 12.4 Å². The monoisotopic (exact) mass is 159 g/mol. The van der Waals surface area contributed by atoms with Crippen molar-refractivity contribution in [2.24, 2.45) is 4.99 Å². The molecule has 0 aliphatic carbocycles. The molecule has 0 amide bonds. The average Bonchev–Trinajstić information content (AvgIpc) is 2.33. The summed E-state index contributed by atoms with van der Waals surface area (Å²) < 4.78 is 0. The molecule has 2 aliphatic rings. The zero-order valence-corrected chi connectivity index (χ0v) is 6.40. The van der Waals surface area contributed by atoms with Crippen LogP contribution < -0.4 is 5.32 Å². The lowest BCUT2D eigenvalue weighted by molar-refractivity contribution is 0.433. The highest BCUT2D eigenvalue weighted by molar-refractivity contribution is 5.85. The van der Waals surface area contributed by atoms with E-state index in [-0.39, 0.29) is 12.4 Å². The Labute approximate surface area is 66.2 Å². The highest BCUT2D eigenvalue weighted by Gasteiger charge is 2.15. The minimum Gasteiger partial charge on any atom is -0.354 e. The predicted molar refractivity (Wildman–Crippen MR) is 43.4 cm³/mol. The fourth-order valence-electron chi connectivity index (χ4n) is 1.13. The normalized spacial score (nSPS) is 21.6. The van der Waals surface area contributed by atoms with Crippen LogP contribution in [0.1, 0.15) is 0 Å². The van der Waals surface area contributed by atoms with Gasteiger partial charge in [0.15, 0.2) is 0 Å². The Morgan fingerprint density at radius 2 is 2.50 bits per heavy atom. The Bertz CT molecular complexity index is 176. The van der Waals surface area contributed by atoms with E-state index in [1.165, 1.54) is 5.70 Å². The van der Waals surface area contributed by atoms with E-state index < -0.39 is 0 Å². The summed E-state index contributed by atoms with van der Waals surface area (Å²) in [6.07, 6.45) is 3.85. The fraction of sp³-hybridized carbons (Fsp3) is 0.500. The molecule has 0 saturated carbocycles. The number of hydrogen-bond acceptors (Lipinski definition) is 3. The van der Waals surface area contributed by atoms with E-state index in [2.05, 4.69) is 15.2 Å². The topological polar surface area (TPSA) is 27.6 Å². The second-order valence-electron chi connectivity index (χ2n) is 2.26. The van der Waals surface area contributed by atoms with Gasteiger partial charge in [0.2, 0.25) is 0 Å². The molecule has 0 atom stereocenters. The Kier molecular flexibility index (Phi) is 2.29. The lowest BCUT2D eigenvalue weighted by atomic mass is 10.4. The van der Waals surface area contributed by atoms with Crippen LogP contribution in [-0.4, -0.2) is 30.9 Å². The fourth-order valence-corrected chi connectivity index (χ4v) is 1.13. The molecule has 0 spiro atoms. The summed E-state index contributed by atoms with van der Waals surface area (Å²) in [5.74, 6) is 0. The number of hydrogen-bond donors (Lipinski definition) is 1. The molecule has 10 heavy (non-hydrogen) atoms. The van der Waals surface area contributed by atoms with Crippen molar-refractivity contribution in [3.63, 3.8) is 0 Å². The van der Waals surface area contributed by atoms with E-state index in [0.29, 0.717) is 0 Å². The maximum atomic E-state index is 4.05. The number of nitrogens with one attached hydrogen (secondary N) is 1. The first-order chi connectivity index (χ1) is 4.47. The molecule has 2 rings (SSSR count). The summed E-state index contributed by atoms with van der Waals surface area (Å²) in [7, 11) is 0. The summed E-state index contributed by atoms with van der Waals surface area (Å²) in [4.78, 5) is 6.32. The van der Waals surface area contributed by atoms with Crippen LogP contribution in [0.25, 0.3) is 0 Å².